The zero-order chi connectivity index (χ0) is 22.2. The maximum atomic E-state index is 4.90. The molecule has 1 aliphatic carbocycles. The van der Waals surface area contributed by atoms with Crippen molar-refractivity contribution in [1.29, 1.82) is 0 Å². The summed E-state index contributed by atoms with van der Waals surface area (Å²) in [6.07, 6.45) is 15.1. The summed E-state index contributed by atoms with van der Waals surface area (Å²) in [5.74, 6) is 3.44. The summed E-state index contributed by atoms with van der Waals surface area (Å²) < 4.78 is 0. The second kappa shape index (κ2) is 9.58. The first-order valence-electron chi connectivity index (χ1n) is 13.6. The number of anilines is 1. The normalized spacial score (nSPS) is 32.9. The summed E-state index contributed by atoms with van der Waals surface area (Å²) in [6, 6.07) is 2.66. The molecule has 5 heteroatoms. The second-order valence-corrected chi connectivity index (χ2v) is 11.8. The molecule has 1 aromatic rings. The minimum absolute atomic E-state index is 0.594. The third kappa shape index (κ3) is 4.57. The van der Waals surface area contributed by atoms with Gasteiger partial charge >= 0.3 is 0 Å². The maximum absolute atomic E-state index is 4.90. The molecule has 2 unspecified atom stereocenters. The molecule has 0 N–H and O–H groups in total. The van der Waals surface area contributed by atoms with E-state index in [1.165, 1.54) is 70.0 Å². The fraction of sp³-hybridized carbons (Fsp3) is 0.852. The van der Waals surface area contributed by atoms with Gasteiger partial charge in [-0.1, -0.05) is 13.8 Å². The topological polar surface area (TPSA) is 35.5 Å². The Hall–Kier alpha value is -1.20. The molecule has 2 bridgehead atoms. The van der Waals surface area contributed by atoms with Crippen molar-refractivity contribution in [3.8, 4) is 0 Å². The molecule has 32 heavy (non-hydrogen) atoms. The van der Waals surface area contributed by atoms with Crippen LogP contribution >= 0.6 is 0 Å². The number of nitrogens with zero attached hydrogens (tertiary/aromatic N) is 5. The summed E-state index contributed by atoms with van der Waals surface area (Å²) in [6.45, 7) is 14.3. The smallest absolute Gasteiger partial charge is 0.225 e. The Kier molecular flexibility index (Phi) is 6.76. The average Bonchev–Trinajstić information content (AvgIpc) is 3.08. The highest BCUT2D eigenvalue weighted by atomic mass is 15.4. The fourth-order valence-electron chi connectivity index (χ4n) is 7.09. The van der Waals surface area contributed by atoms with Gasteiger partial charge in [-0.15, -0.1) is 0 Å². The molecule has 1 saturated carbocycles. The first-order valence-corrected chi connectivity index (χ1v) is 13.6. The standard InChI is InChI=1S/C27H45N5/c1-19(2)21-5-7-24(8-6-21)30-13-11-22(12-14-30)23-15-28-27(29-16-23)32-25-9-10-26(32)18-31(17-25)20(3)4/h15-16,19-22,24-26H,5-14,17-18H2,1-4H3. The molecule has 178 valence electrons. The van der Waals surface area contributed by atoms with E-state index in [1.807, 2.05) is 0 Å². The van der Waals surface area contributed by atoms with Crippen LogP contribution in [0.15, 0.2) is 12.4 Å². The molecule has 0 radical (unpaired) electrons. The third-order valence-corrected chi connectivity index (χ3v) is 9.33. The molecule has 0 aromatic carbocycles. The lowest BCUT2D eigenvalue weighted by Crippen LogP contribution is -2.56. The molecular weight excluding hydrogens is 394 g/mol. The van der Waals surface area contributed by atoms with Crippen LogP contribution < -0.4 is 4.90 Å². The van der Waals surface area contributed by atoms with Crippen molar-refractivity contribution < 1.29 is 0 Å². The van der Waals surface area contributed by atoms with Crippen LogP contribution in [0.2, 0.25) is 0 Å². The van der Waals surface area contributed by atoms with E-state index in [-0.39, 0.29) is 0 Å². The van der Waals surface area contributed by atoms with Crippen molar-refractivity contribution in [1.82, 2.24) is 19.8 Å². The molecule has 0 amide bonds. The molecular formula is C27H45N5. The van der Waals surface area contributed by atoms with E-state index < -0.39 is 0 Å². The molecule has 3 aliphatic heterocycles. The zero-order valence-corrected chi connectivity index (χ0v) is 20.9. The predicted octanol–water partition coefficient (Wildman–Crippen LogP) is 4.93. The van der Waals surface area contributed by atoms with Crippen LogP contribution in [0.5, 0.6) is 0 Å². The van der Waals surface area contributed by atoms with Gasteiger partial charge in [-0.05, 0) is 102 Å². The zero-order valence-electron chi connectivity index (χ0n) is 20.9. The highest BCUT2D eigenvalue weighted by Gasteiger charge is 2.41. The Morgan fingerprint density at radius 2 is 1.31 bits per heavy atom. The van der Waals surface area contributed by atoms with Gasteiger partial charge in [-0.25, -0.2) is 9.97 Å². The van der Waals surface area contributed by atoms with Crippen molar-refractivity contribution in [2.45, 2.75) is 109 Å². The molecule has 0 spiro atoms. The Balaban J connectivity index is 1.14. The van der Waals surface area contributed by atoms with Gasteiger partial charge in [0.05, 0.1) is 0 Å². The van der Waals surface area contributed by atoms with Crippen molar-refractivity contribution in [2.75, 3.05) is 31.1 Å². The molecule has 5 rings (SSSR count). The predicted molar refractivity (Wildman–Crippen MR) is 132 cm³/mol. The van der Waals surface area contributed by atoms with Crippen LogP contribution in [0.1, 0.15) is 90.5 Å². The van der Waals surface area contributed by atoms with E-state index in [0.29, 0.717) is 24.0 Å². The molecule has 1 aromatic heterocycles. The van der Waals surface area contributed by atoms with Gasteiger partial charge in [0, 0.05) is 49.7 Å². The largest absolute Gasteiger partial charge is 0.332 e. The van der Waals surface area contributed by atoms with E-state index in [4.69, 9.17) is 9.97 Å². The van der Waals surface area contributed by atoms with Crippen molar-refractivity contribution in [3.05, 3.63) is 18.0 Å². The maximum Gasteiger partial charge on any atom is 0.225 e. The summed E-state index contributed by atoms with van der Waals surface area (Å²) in [7, 11) is 0. The number of likely N-dealkylation sites (tertiary alicyclic amines) is 2. The number of hydrogen-bond acceptors (Lipinski definition) is 5. The molecule has 4 aliphatic rings. The summed E-state index contributed by atoms with van der Waals surface area (Å²) in [5, 5.41) is 0. The minimum atomic E-state index is 0.594. The Morgan fingerprint density at radius 1 is 0.750 bits per heavy atom. The van der Waals surface area contributed by atoms with Gasteiger partial charge in [0.25, 0.3) is 0 Å². The SMILES string of the molecule is CC(C)C1CCC(N2CCC(c3cnc(N4C5CCC4CN(C(C)C)C5)nc3)CC2)CC1. The van der Waals surface area contributed by atoms with Gasteiger partial charge in [0.15, 0.2) is 0 Å². The lowest BCUT2D eigenvalue weighted by atomic mass is 9.78. The quantitative estimate of drug-likeness (QED) is 0.650. The summed E-state index contributed by atoms with van der Waals surface area (Å²) in [5.41, 5.74) is 1.37. The van der Waals surface area contributed by atoms with Gasteiger partial charge in [0.1, 0.15) is 0 Å². The Labute approximate surface area is 196 Å². The first-order chi connectivity index (χ1) is 15.5. The van der Waals surface area contributed by atoms with E-state index in [0.717, 1.165) is 36.9 Å². The monoisotopic (exact) mass is 439 g/mol. The molecule has 3 saturated heterocycles. The third-order valence-electron chi connectivity index (χ3n) is 9.33. The molecule has 2 atom stereocenters. The number of aromatic nitrogens is 2. The first kappa shape index (κ1) is 22.6. The summed E-state index contributed by atoms with van der Waals surface area (Å²) >= 11 is 0. The Bertz CT molecular complexity index is 717. The number of fused-ring (bicyclic) bond motifs is 2. The van der Waals surface area contributed by atoms with Gasteiger partial charge in [0.2, 0.25) is 5.95 Å². The van der Waals surface area contributed by atoms with Crippen LogP contribution in [-0.2, 0) is 0 Å². The van der Waals surface area contributed by atoms with Crippen molar-refractivity contribution in [3.63, 3.8) is 0 Å². The lowest BCUT2D eigenvalue weighted by molar-refractivity contribution is 0.0981. The average molecular weight is 440 g/mol. The molecule has 5 nitrogen and oxygen atoms in total. The van der Waals surface area contributed by atoms with E-state index >= 15 is 0 Å². The number of piperidine rings is 1. The molecule has 4 heterocycles. The van der Waals surface area contributed by atoms with E-state index in [1.54, 1.807) is 0 Å². The van der Waals surface area contributed by atoms with Crippen LogP contribution in [-0.4, -0.2) is 70.1 Å². The Morgan fingerprint density at radius 3 is 1.84 bits per heavy atom. The molecule has 4 fully saturated rings. The van der Waals surface area contributed by atoms with Crippen LogP contribution in [0, 0.1) is 11.8 Å². The summed E-state index contributed by atoms with van der Waals surface area (Å²) in [4.78, 5) is 17.8. The van der Waals surface area contributed by atoms with Crippen molar-refractivity contribution in [2.24, 2.45) is 11.8 Å². The highest BCUT2D eigenvalue weighted by Crippen LogP contribution is 2.37. The minimum Gasteiger partial charge on any atom is -0.332 e. The van der Waals surface area contributed by atoms with E-state index in [2.05, 4.69) is 54.8 Å². The van der Waals surface area contributed by atoms with Crippen molar-refractivity contribution >= 4 is 5.95 Å². The fourth-order valence-corrected chi connectivity index (χ4v) is 7.09. The number of hydrogen-bond donors (Lipinski definition) is 0. The van der Waals surface area contributed by atoms with Crippen LogP contribution in [0.25, 0.3) is 0 Å². The van der Waals surface area contributed by atoms with Gasteiger partial charge < -0.3 is 9.80 Å². The van der Waals surface area contributed by atoms with E-state index in [9.17, 15) is 0 Å². The number of rotatable bonds is 5. The second-order valence-electron chi connectivity index (χ2n) is 11.8. The number of piperazine rings is 1. The van der Waals surface area contributed by atoms with Gasteiger partial charge in [-0.3, -0.25) is 4.90 Å². The van der Waals surface area contributed by atoms with Crippen LogP contribution in [0.3, 0.4) is 0 Å². The van der Waals surface area contributed by atoms with Crippen LogP contribution in [0.4, 0.5) is 5.95 Å². The van der Waals surface area contributed by atoms with Gasteiger partial charge in [-0.2, -0.15) is 0 Å². The highest BCUT2D eigenvalue weighted by molar-refractivity contribution is 5.38. The lowest BCUT2D eigenvalue weighted by Gasteiger charge is -2.43.